The first-order chi connectivity index (χ1) is 13.9. The Morgan fingerprint density at radius 3 is 2.14 bits per heavy atom. The molecule has 0 fully saturated rings. The van der Waals surface area contributed by atoms with Crippen molar-refractivity contribution in [3.63, 3.8) is 0 Å². The highest BCUT2D eigenvalue weighted by Gasteiger charge is 2.30. The summed E-state index contributed by atoms with van der Waals surface area (Å²) < 4.78 is 5.40. The van der Waals surface area contributed by atoms with Crippen molar-refractivity contribution in [2.24, 2.45) is 0 Å². The Morgan fingerprint density at radius 1 is 1.07 bits per heavy atom. The van der Waals surface area contributed by atoms with Crippen LogP contribution in [-0.4, -0.2) is 52.0 Å². The first-order valence-corrected chi connectivity index (χ1v) is 10.6. The van der Waals surface area contributed by atoms with E-state index < -0.39 is 24.2 Å². The Morgan fingerprint density at radius 2 is 1.62 bits per heavy atom. The zero-order valence-electron chi connectivity index (χ0n) is 16.4. The lowest BCUT2D eigenvalue weighted by atomic mass is 9.98. The number of aliphatic carboxylic acids is 1. The molecule has 29 heavy (non-hydrogen) atoms. The molecule has 0 heterocycles. The normalized spacial score (nSPS) is 15.7. The van der Waals surface area contributed by atoms with E-state index in [2.05, 4.69) is 17.4 Å². The van der Waals surface area contributed by atoms with Gasteiger partial charge in [0, 0.05) is 16.9 Å². The van der Waals surface area contributed by atoms with Crippen LogP contribution in [0.2, 0.25) is 0 Å². The fraction of sp³-hybridized carbons (Fsp3) is 0.364. The Kier molecular flexibility index (Phi) is 6.82. The van der Waals surface area contributed by atoms with Crippen LogP contribution in [0.5, 0.6) is 0 Å². The second kappa shape index (κ2) is 9.33. The van der Waals surface area contributed by atoms with Crippen molar-refractivity contribution in [2.45, 2.75) is 37.2 Å². The van der Waals surface area contributed by atoms with Crippen molar-refractivity contribution < 1.29 is 24.5 Å². The monoisotopic (exact) mass is 415 g/mol. The van der Waals surface area contributed by atoms with Crippen LogP contribution < -0.4 is 5.32 Å². The summed E-state index contributed by atoms with van der Waals surface area (Å²) >= 11 is 1.29. The van der Waals surface area contributed by atoms with E-state index in [9.17, 15) is 19.8 Å². The minimum atomic E-state index is -1.14. The van der Waals surface area contributed by atoms with Gasteiger partial charge in [-0.05, 0) is 29.2 Å². The number of hydrogen-bond donors (Lipinski definition) is 3. The van der Waals surface area contributed by atoms with Crippen molar-refractivity contribution in [1.29, 1.82) is 0 Å². The van der Waals surface area contributed by atoms with Gasteiger partial charge in [-0.2, -0.15) is 11.8 Å². The molecule has 3 rings (SSSR count). The topological polar surface area (TPSA) is 95.9 Å². The van der Waals surface area contributed by atoms with Gasteiger partial charge in [-0.1, -0.05) is 55.5 Å². The third-order valence-electron chi connectivity index (χ3n) is 5.14. The molecule has 0 spiro atoms. The minimum absolute atomic E-state index is 0.0823. The molecule has 0 aliphatic heterocycles. The van der Waals surface area contributed by atoms with Crippen LogP contribution in [0.4, 0.5) is 4.79 Å². The molecule has 2 aromatic carbocycles. The number of aliphatic hydroxyl groups excluding tert-OH is 1. The van der Waals surface area contributed by atoms with Crippen LogP contribution in [0.1, 0.15) is 30.9 Å². The molecule has 1 aliphatic rings. The molecule has 1 aliphatic carbocycles. The van der Waals surface area contributed by atoms with Gasteiger partial charge in [0.25, 0.3) is 0 Å². The zero-order chi connectivity index (χ0) is 21.0. The molecule has 2 aromatic rings. The first-order valence-electron chi connectivity index (χ1n) is 9.52. The van der Waals surface area contributed by atoms with Crippen molar-refractivity contribution >= 4 is 23.8 Å². The van der Waals surface area contributed by atoms with E-state index >= 15 is 0 Å². The summed E-state index contributed by atoms with van der Waals surface area (Å²) in [4.78, 5) is 23.7. The van der Waals surface area contributed by atoms with Gasteiger partial charge in [0.2, 0.25) is 0 Å². The van der Waals surface area contributed by atoms with Crippen LogP contribution in [0.15, 0.2) is 48.5 Å². The number of thioether (sulfide) groups is 1. The molecule has 0 saturated carbocycles. The van der Waals surface area contributed by atoms with Crippen molar-refractivity contribution in [3.8, 4) is 11.1 Å². The number of amides is 1. The lowest BCUT2D eigenvalue weighted by molar-refractivity contribution is -0.138. The Labute approximate surface area is 174 Å². The largest absolute Gasteiger partial charge is 0.480 e. The van der Waals surface area contributed by atoms with Gasteiger partial charge in [0.05, 0.1) is 6.10 Å². The van der Waals surface area contributed by atoms with Crippen molar-refractivity contribution in [2.75, 3.05) is 12.4 Å². The van der Waals surface area contributed by atoms with Crippen molar-refractivity contribution in [3.05, 3.63) is 59.7 Å². The van der Waals surface area contributed by atoms with E-state index in [-0.39, 0.29) is 23.5 Å². The van der Waals surface area contributed by atoms with Gasteiger partial charge in [0.1, 0.15) is 12.6 Å². The number of alkyl carbamates (subject to hydrolysis) is 1. The van der Waals surface area contributed by atoms with E-state index in [0.717, 1.165) is 22.3 Å². The van der Waals surface area contributed by atoms with Crippen LogP contribution in [-0.2, 0) is 9.53 Å². The smallest absolute Gasteiger partial charge is 0.407 e. The molecule has 3 unspecified atom stereocenters. The fourth-order valence-corrected chi connectivity index (χ4v) is 4.34. The maximum atomic E-state index is 12.3. The predicted octanol–water partition coefficient (Wildman–Crippen LogP) is 3.48. The summed E-state index contributed by atoms with van der Waals surface area (Å²) in [6.07, 6.45) is -1.33. The summed E-state index contributed by atoms with van der Waals surface area (Å²) in [7, 11) is 0. The van der Waals surface area contributed by atoms with Gasteiger partial charge < -0.3 is 20.3 Å². The molecule has 0 bridgehead atoms. The average Bonchev–Trinajstić information content (AvgIpc) is 3.03. The van der Waals surface area contributed by atoms with Gasteiger partial charge in [0.15, 0.2) is 0 Å². The van der Waals surface area contributed by atoms with E-state index in [1.165, 1.54) is 11.8 Å². The Hall–Kier alpha value is -2.51. The third-order valence-corrected chi connectivity index (χ3v) is 6.58. The molecule has 3 atom stereocenters. The highest BCUT2D eigenvalue weighted by atomic mass is 32.2. The van der Waals surface area contributed by atoms with Crippen molar-refractivity contribution in [1.82, 2.24) is 5.32 Å². The fourth-order valence-electron chi connectivity index (χ4n) is 3.34. The lowest BCUT2D eigenvalue weighted by Crippen LogP contribution is -2.43. The number of aliphatic hydroxyl groups is 1. The zero-order valence-corrected chi connectivity index (χ0v) is 17.2. The van der Waals surface area contributed by atoms with E-state index in [1.807, 2.05) is 43.3 Å². The molecule has 3 N–H and O–H groups in total. The van der Waals surface area contributed by atoms with Crippen LogP contribution in [0.3, 0.4) is 0 Å². The molecule has 0 saturated heterocycles. The van der Waals surface area contributed by atoms with E-state index in [1.54, 1.807) is 6.92 Å². The number of carbonyl (C=O) groups excluding carboxylic acids is 1. The van der Waals surface area contributed by atoms with Gasteiger partial charge >= 0.3 is 12.1 Å². The standard InChI is InChI=1S/C22H25NO5S/c1-13(24)14(2)29-12-20(21(25)26)23-22(27)28-11-19-17-9-5-3-7-15(17)16-8-4-6-10-18(16)19/h3-10,13-14,19-20,24H,11-12H2,1-2H3,(H,23,27)(H,25,26). The highest BCUT2D eigenvalue weighted by Crippen LogP contribution is 2.44. The summed E-state index contributed by atoms with van der Waals surface area (Å²) in [6.45, 7) is 3.58. The molecule has 0 radical (unpaired) electrons. The second-order valence-corrected chi connectivity index (χ2v) is 8.55. The molecule has 0 aromatic heterocycles. The summed E-state index contributed by atoms with van der Waals surface area (Å²) in [5.74, 6) is -1.07. The minimum Gasteiger partial charge on any atom is -0.480 e. The quantitative estimate of drug-likeness (QED) is 0.611. The van der Waals surface area contributed by atoms with Gasteiger partial charge in [-0.3, -0.25) is 0 Å². The first kappa shape index (κ1) is 21.2. The van der Waals surface area contributed by atoms with E-state index in [0.29, 0.717) is 0 Å². The summed E-state index contributed by atoms with van der Waals surface area (Å²) in [6, 6.07) is 14.9. The highest BCUT2D eigenvalue weighted by molar-refractivity contribution is 8.00. The maximum Gasteiger partial charge on any atom is 0.407 e. The molecule has 154 valence electrons. The number of nitrogens with one attached hydrogen (secondary N) is 1. The van der Waals surface area contributed by atoms with Crippen LogP contribution in [0, 0.1) is 0 Å². The number of carbonyl (C=O) groups is 2. The Balaban J connectivity index is 1.62. The molecular weight excluding hydrogens is 390 g/mol. The number of carboxylic acid groups (broad SMARTS) is 1. The maximum absolute atomic E-state index is 12.3. The molecule has 1 amide bonds. The number of hydrogen-bond acceptors (Lipinski definition) is 5. The van der Waals surface area contributed by atoms with Gasteiger partial charge in [-0.25, -0.2) is 9.59 Å². The number of carboxylic acids is 1. The molecule has 6 nitrogen and oxygen atoms in total. The number of ether oxygens (including phenoxy) is 1. The van der Waals surface area contributed by atoms with Crippen LogP contribution in [0.25, 0.3) is 11.1 Å². The SMILES string of the molecule is CC(O)C(C)SCC(NC(=O)OCC1c2ccccc2-c2ccccc21)C(=O)O. The number of benzene rings is 2. The lowest BCUT2D eigenvalue weighted by Gasteiger charge is -2.19. The summed E-state index contributed by atoms with van der Waals surface area (Å²) in [5.41, 5.74) is 4.45. The second-order valence-electron chi connectivity index (χ2n) is 7.14. The van der Waals surface area contributed by atoms with E-state index in [4.69, 9.17) is 4.74 Å². The number of fused-ring (bicyclic) bond motifs is 3. The average molecular weight is 416 g/mol. The van der Waals surface area contributed by atoms with Crippen LogP contribution >= 0.6 is 11.8 Å². The Bertz CT molecular complexity index is 840. The molecule has 7 heteroatoms. The molecular formula is C22H25NO5S. The predicted molar refractivity (Wildman–Crippen MR) is 113 cm³/mol. The third kappa shape index (κ3) is 4.92. The van der Waals surface area contributed by atoms with Gasteiger partial charge in [-0.15, -0.1) is 0 Å². The summed E-state index contributed by atoms with van der Waals surface area (Å²) in [5, 5.41) is 21.2. The number of rotatable bonds is 8.